The molecule has 0 atom stereocenters. The van der Waals surface area contributed by atoms with Crippen LogP contribution in [-0.2, 0) is 11.3 Å². The van der Waals surface area contributed by atoms with Crippen molar-refractivity contribution in [3.8, 4) is 11.5 Å². The summed E-state index contributed by atoms with van der Waals surface area (Å²) in [7, 11) is 5.13. The molecule has 1 N–H and O–H groups in total. The van der Waals surface area contributed by atoms with Crippen molar-refractivity contribution in [1.82, 2.24) is 10.2 Å². The van der Waals surface area contributed by atoms with E-state index in [0.717, 1.165) is 17.1 Å². The van der Waals surface area contributed by atoms with Gasteiger partial charge >= 0.3 is 0 Å². The van der Waals surface area contributed by atoms with E-state index in [1.807, 2.05) is 18.2 Å². The smallest absolute Gasteiger partial charge is 0.225 e. The molecule has 0 heterocycles. The monoisotopic (exact) mass is 294 g/mol. The van der Waals surface area contributed by atoms with E-state index in [2.05, 4.69) is 19.2 Å². The highest BCUT2D eigenvalue weighted by Crippen LogP contribution is 2.24. The van der Waals surface area contributed by atoms with E-state index in [9.17, 15) is 4.79 Å². The van der Waals surface area contributed by atoms with Crippen molar-refractivity contribution < 1.29 is 14.3 Å². The first-order valence-corrected chi connectivity index (χ1v) is 7.17. The molecule has 1 amide bonds. The standard InChI is InChI=1S/C16H26N2O3/c1-12(2)17-11-13-10-14(20-5)6-7-15(13)21-9-8-16(19)18(3)4/h6-7,10,12,17H,8-9,11H2,1-5H3. The summed E-state index contributed by atoms with van der Waals surface area (Å²) in [5, 5.41) is 3.36. The Labute approximate surface area is 127 Å². The van der Waals surface area contributed by atoms with Crippen LogP contribution in [0.5, 0.6) is 11.5 Å². The number of methoxy groups -OCH3 is 1. The Morgan fingerprint density at radius 2 is 2.05 bits per heavy atom. The van der Waals surface area contributed by atoms with Gasteiger partial charge in [-0.2, -0.15) is 0 Å². The van der Waals surface area contributed by atoms with Crippen molar-refractivity contribution in [1.29, 1.82) is 0 Å². The summed E-state index contributed by atoms with van der Waals surface area (Å²) in [5.74, 6) is 1.65. The van der Waals surface area contributed by atoms with Gasteiger partial charge in [-0.15, -0.1) is 0 Å². The minimum atomic E-state index is 0.0605. The van der Waals surface area contributed by atoms with E-state index in [1.54, 1.807) is 26.1 Å². The van der Waals surface area contributed by atoms with Crippen LogP contribution in [0.4, 0.5) is 0 Å². The van der Waals surface area contributed by atoms with Crippen molar-refractivity contribution in [2.75, 3.05) is 27.8 Å². The van der Waals surface area contributed by atoms with Crippen molar-refractivity contribution in [2.24, 2.45) is 0 Å². The van der Waals surface area contributed by atoms with E-state index >= 15 is 0 Å². The van der Waals surface area contributed by atoms with Crippen molar-refractivity contribution in [2.45, 2.75) is 32.9 Å². The lowest BCUT2D eigenvalue weighted by atomic mass is 10.1. The molecule has 0 aliphatic heterocycles. The number of ether oxygens (including phenoxy) is 2. The first-order valence-electron chi connectivity index (χ1n) is 7.17. The lowest BCUT2D eigenvalue weighted by Crippen LogP contribution is -2.24. The fraction of sp³-hybridized carbons (Fsp3) is 0.562. The quantitative estimate of drug-likeness (QED) is 0.797. The number of hydrogen-bond acceptors (Lipinski definition) is 4. The molecule has 21 heavy (non-hydrogen) atoms. The SMILES string of the molecule is COc1ccc(OCCC(=O)N(C)C)c(CNC(C)C)c1. The van der Waals surface area contributed by atoms with Crippen LogP contribution in [0.1, 0.15) is 25.8 Å². The maximum Gasteiger partial charge on any atom is 0.225 e. The molecule has 0 saturated carbocycles. The molecule has 0 saturated heterocycles. The number of carbonyl (C=O) groups is 1. The highest BCUT2D eigenvalue weighted by Gasteiger charge is 2.09. The second-order valence-corrected chi connectivity index (χ2v) is 5.40. The van der Waals surface area contributed by atoms with Crippen LogP contribution in [0, 0.1) is 0 Å². The van der Waals surface area contributed by atoms with E-state index in [0.29, 0.717) is 25.6 Å². The number of amides is 1. The van der Waals surface area contributed by atoms with E-state index in [4.69, 9.17) is 9.47 Å². The molecule has 0 spiro atoms. The molecular formula is C16H26N2O3. The second kappa shape index (κ2) is 8.52. The predicted molar refractivity (Wildman–Crippen MR) is 83.8 cm³/mol. The molecule has 1 rings (SSSR count). The van der Waals surface area contributed by atoms with Crippen LogP contribution >= 0.6 is 0 Å². The predicted octanol–water partition coefficient (Wildman–Crippen LogP) is 2.05. The lowest BCUT2D eigenvalue weighted by Gasteiger charge is -2.15. The zero-order valence-electron chi connectivity index (χ0n) is 13.6. The van der Waals surface area contributed by atoms with Crippen molar-refractivity contribution >= 4 is 5.91 Å². The van der Waals surface area contributed by atoms with Crippen LogP contribution in [0.25, 0.3) is 0 Å². The molecule has 5 nitrogen and oxygen atoms in total. The molecule has 0 aliphatic carbocycles. The van der Waals surface area contributed by atoms with E-state index in [1.165, 1.54) is 0 Å². The van der Waals surface area contributed by atoms with E-state index in [-0.39, 0.29) is 5.91 Å². The fourth-order valence-corrected chi connectivity index (χ4v) is 1.75. The Morgan fingerprint density at radius 1 is 1.33 bits per heavy atom. The number of nitrogens with zero attached hydrogens (tertiary/aromatic N) is 1. The summed E-state index contributed by atoms with van der Waals surface area (Å²) in [6.45, 7) is 5.26. The van der Waals surface area contributed by atoms with Gasteiger partial charge in [0, 0.05) is 32.2 Å². The molecule has 0 radical (unpaired) electrons. The Kier molecular flexibility index (Phi) is 7.02. The topological polar surface area (TPSA) is 50.8 Å². The number of rotatable bonds is 8. The largest absolute Gasteiger partial charge is 0.497 e. The summed E-state index contributed by atoms with van der Waals surface area (Å²) >= 11 is 0. The number of hydrogen-bond donors (Lipinski definition) is 1. The van der Waals surface area contributed by atoms with Gasteiger partial charge in [0.1, 0.15) is 11.5 Å². The Hall–Kier alpha value is -1.75. The van der Waals surface area contributed by atoms with Crippen molar-refractivity contribution in [3.63, 3.8) is 0 Å². The van der Waals surface area contributed by atoms with Gasteiger partial charge in [-0.3, -0.25) is 4.79 Å². The molecule has 0 aliphatic rings. The molecule has 0 aromatic heterocycles. The average molecular weight is 294 g/mol. The van der Waals surface area contributed by atoms with Gasteiger partial charge < -0.3 is 19.7 Å². The molecule has 1 aromatic carbocycles. The van der Waals surface area contributed by atoms with Crippen LogP contribution < -0.4 is 14.8 Å². The molecule has 0 fully saturated rings. The highest BCUT2D eigenvalue weighted by atomic mass is 16.5. The third kappa shape index (κ3) is 6.04. The normalized spacial score (nSPS) is 10.6. The van der Waals surface area contributed by atoms with Crippen LogP contribution in [-0.4, -0.2) is 44.7 Å². The zero-order valence-corrected chi connectivity index (χ0v) is 13.6. The van der Waals surface area contributed by atoms with Gasteiger partial charge in [-0.25, -0.2) is 0 Å². The number of carbonyl (C=O) groups excluding carboxylic acids is 1. The second-order valence-electron chi connectivity index (χ2n) is 5.40. The van der Waals surface area contributed by atoms with Crippen LogP contribution in [0.15, 0.2) is 18.2 Å². The first kappa shape index (κ1) is 17.3. The Balaban J connectivity index is 2.68. The van der Waals surface area contributed by atoms with Gasteiger partial charge in [0.25, 0.3) is 0 Å². The van der Waals surface area contributed by atoms with Crippen molar-refractivity contribution in [3.05, 3.63) is 23.8 Å². The summed E-state index contributed by atoms with van der Waals surface area (Å²) < 4.78 is 11.0. The molecule has 118 valence electrons. The molecule has 1 aromatic rings. The summed E-state index contributed by atoms with van der Waals surface area (Å²) in [6.07, 6.45) is 0.371. The fourth-order valence-electron chi connectivity index (χ4n) is 1.75. The summed E-state index contributed by atoms with van der Waals surface area (Å²) in [4.78, 5) is 13.1. The van der Waals surface area contributed by atoms with Gasteiger partial charge in [0.2, 0.25) is 5.91 Å². The molecule has 5 heteroatoms. The van der Waals surface area contributed by atoms with Gasteiger partial charge in [-0.1, -0.05) is 13.8 Å². The Morgan fingerprint density at radius 3 is 2.62 bits per heavy atom. The van der Waals surface area contributed by atoms with Gasteiger partial charge in [0.05, 0.1) is 20.1 Å². The summed E-state index contributed by atoms with van der Waals surface area (Å²) in [5.41, 5.74) is 1.03. The number of nitrogens with one attached hydrogen (secondary N) is 1. The number of benzene rings is 1. The average Bonchev–Trinajstić information content (AvgIpc) is 2.45. The molecular weight excluding hydrogens is 268 g/mol. The maximum absolute atomic E-state index is 11.5. The van der Waals surface area contributed by atoms with Crippen LogP contribution in [0.3, 0.4) is 0 Å². The lowest BCUT2D eigenvalue weighted by molar-refractivity contribution is -0.129. The highest BCUT2D eigenvalue weighted by molar-refractivity contribution is 5.75. The third-order valence-electron chi connectivity index (χ3n) is 3.04. The maximum atomic E-state index is 11.5. The van der Waals surface area contributed by atoms with Crippen LogP contribution in [0.2, 0.25) is 0 Å². The zero-order chi connectivity index (χ0) is 15.8. The Bertz CT molecular complexity index is 459. The minimum Gasteiger partial charge on any atom is -0.497 e. The minimum absolute atomic E-state index is 0.0605. The molecule has 0 bridgehead atoms. The van der Waals surface area contributed by atoms with Gasteiger partial charge in [0.15, 0.2) is 0 Å². The summed E-state index contributed by atoms with van der Waals surface area (Å²) in [6, 6.07) is 6.09. The first-order chi connectivity index (χ1) is 9.93. The third-order valence-corrected chi connectivity index (χ3v) is 3.04. The molecule has 0 unspecified atom stereocenters. The van der Waals surface area contributed by atoms with E-state index < -0.39 is 0 Å². The van der Waals surface area contributed by atoms with Gasteiger partial charge in [-0.05, 0) is 18.2 Å².